The monoisotopic (exact) mass is 390 g/mol. The summed E-state index contributed by atoms with van der Waals surface area (Å²) in [5.74, 6) is 0.921. The minimum absolute atomic E-state index is 0.0666. The number of carbonyl (C=O) groups excluding carboxylic acids is 1. The van der Waals surface area contributed by atoms with Gasteiger partial charge in [0.05, 0.1) is 11.6 Å². The minimum Gasteiger partial charge on any atom is -0.339 e. The van der Waals surface area contributed by atoms with Gasteiger partial charge in [-0.05, 0) is 48.7 Å². The lowest BCUT2D eigenvalue weighted by molar-refractivity contribution is 0.0704. The van der Waals surface area contributed by atoms with E-state index in [1.807, 2.05) is 0 Å². The summed E-state index contributed by atoms with van der Waals surface area (Å²) in [7, 11) is 0. The van der Waals surface area contributed by atoms with Crippen LogP contribution in [-0.4, -0.2) is 34.0 Å². The molecule has 0 radical (unpaired) electrons. The van der Waals surface area contributed by atoms with Gasteiger partial charge in [-0.3, -0.25) is 4.79 Å². The standard InChI is InChI=1S/C22H19FN4O2/c23-19-6-4-15(5-7-19)13-20-25-21(29-26-20)17-8-10-27(11-9-17)22(28)18-3-1-2-16(12-18)14-24/h1-7,12,17H,8-11,13H2. The van der Waals surface area contributed by atoms with E-state index in [2.05, 4.69) is 16.2 Å². The first-order valence-corrected chi connectivity index (χ1v) is 9.49. The molecule has 1 aromatic heterocycles. The first kappa shape index (κ1) is 18.8. The number of hydrogen-bond acceptors (Lipinski definition) is 5. The molecule has 1 saturated heterocycles. The molecule has 0 bridgehead atoms. The summed E-state index contributed by atoms with van der Waals surface area (Å²) in [6.07, 6.45) is 1.96. The number of hydrogen-bond donors (Lipinski definition) is 0. The number of piperidine rings is 1. The predicted molar refractivity (Wildman–Crippen MR) is 103 cm³/mol. The summed E-state index contributed by atoms with van der Waals surface area (Å²) in [6, 6.07) is 15.0. The van der Waals surface area contributed by atoms with Crippen LogP contribution in [0.3, 0.4) is 0 Å². The van der Waals surface area contributed by atoms with Crippen molar-refractivity contribution in [2.24, 2.45) is 0 Å². The predicted octanol–water partition coefficient (Wildman–Crippen LogP) is 3.69. The molecule has 1 aliphatic rings. The largest absolute Gasteiger partial charge is 0.339 e. The van der Waals surface area contributed by atoms with Crippen LogP contribution >= 0.6 is 0 Å². The van der Waals surface area contributed by atoms with Crippen molar-refractivity contribution in [1.82, 2.24) is 15.0 Å². The highest BCUT2D eigenvalue weighted by Gasteiger charge is 2.28. The number of nitriles is 1. The highest BCUT2D eigenvalue weighted by molar-refractivity contribution is 5.94. The molecule has 6 nitrogen and oxygen atoms in total. The van der Waals surface area contributed by atoms with Crippen LogP contribution in [0, 0.1) is 17.1 Å². The van der Waals surface area contributed by atoms with Crippen molar-refractivity contribution in [1.29, 1.82) is 5.26 Å². The van der Waals surface area contributed by atoms with Crippen LogP contribution in [-0.2, 0) is 6.42 Å². The molecule has 0 aliphatic carbocycles. The van der Waals surface area contributed by atoms with Gasteiger partial charge in [0.25, 0.3) is 5.91 Å². The summed E-state index contributed by atoms with van der Waals surface area (Å²) in [6.45, 7) is 1.19. The molecule has 1 amide bonds. The topological polar surface area (TPSA) is 83.0 Å². The van der Waals surface area contributed by atoms with Gasteiger partial charge in [0.1, 0.15) is 5.82 Å². The van der Waals surface area contributed by atoms with Gasteiger partial charge >= 0.3 is 0 Å². The molecule has 0 saturated carbocycles. The fourth-order valence-corrected chi connectivity index (χ4v) is 3.52. The SMILES string of the molecule is N#Cc1cccc(C(=O)N2CCC(c3nc(Cc4ccc(F)cc4)no3)CC2)c1. The van der Waals surface area contributed by atoms with E-state index in [0.29, 0.717) is 42.4 Å². The third-order valence-electron chi connectivity index (χ3n) is 5.13. The highest BCUT2D eigenvalue weighted by Crippen LogP contribution is 2.28. The maximum absolute atomic E-state index is 13.0. The molecule has 2 aromatic carbocycles. The quantitative estimate of drug-likeness (QED) is 0.678. The van der Waals surface area contributed by atoms with Crippen molar-refractivity contribution in [3.05, 3.63) is 82.8 Å². The molecular formula is C22H19FN4O2. The number of benzene rings is 2. The number of likely N-dealkylation sites (tertiary alicyclic amines) is 1. The van der Waals surface area contributed by atoms with Crippen molar-refractivity contribution in [3.63, 3.8) is 0 Å². The van der Waals surface area contributed by atoms with Crippen molar-refractivity contribution in [2.45, 2.75) is 25.2 Å². The van der Waals surface area contributed by atoms with Crippen molar-refractivity contribution < 1.29 is 13.7 Å². The smallest absolute Gasteiger partial charge is 0.253 e. The third-order valence-corrected chi connectivity index (χ3v) is 5.13. The highest BCUT2D eigenvalue weighted by atomic mass is 19.1. The normalized spacial score (nSPS) is 14.6. The number of aromatic nitrogens is 2. The lowest BCUT2D eigenvalue weighted by Gasteiger charge is -2.30. The van der Waals surface area contributed by atoms with Crippen molar-refractivity contribution in [3.8, 4) is 6.07 Å². The number of halogens is 1. The average Bonchev–Trinajstić information content (AvgIpc) is 3.23. The van der Waals surface area contributed by atoms with E-state index in [4.69, 9.17) is 9.78 Å². The van der Waals surface area contributed by atoms with E-state index in [1.165, 1.54) is 12.1 Å². The Kier molecular flexibility index (Phi) is 5.34. The number of nitrogens with zero attached hydrogens (tertiary/aromatic N) is 4. The van der Waals surface area contributed by atoms with Gasteiger partial charge in [-0.25, -0.2) is 4.39 Å². The van der Waals surface area contributed by atoms with Crippen LogP contribution < -0.4 is 0 Å². The zero-order chi connectivity index (χ0) is 20.2. The van der Waals surface area contributed by atoms with E-state index >= 15 is 0 Å². The van der Waals surface area contributed by atoms with Crippen LogP contribution in [0.4, 0.5) is 4.39 Å². The first-order valence-electron chi connectivity index (χ1n) is 9.49. The summed E-state index contributed by atoms with van der Waals surface area (Å²) in [5, 5.41) is 13.0. The molecule has 7 heteroatoms. The van der Waals surface area contributed by atoms with Gasteiger partial charge < -0.3 is 9.42 Å². The Hall–Kier alpha value is -3.53. The fourth-order valence-electron chi connectivity index (χ4n) is 3.52. The Morgan fingerprint density at radius 2 is 1.97 bits per heavy atom. The van der Waals surface area contributed by atoms with Crippen molar-refractivity contribution in [2.75, 3.05) is 13.1 Å². The average molecular weight is 390 g/mol. The number of rotatable bonds is 4. The molecule has 1 aliphatic heterocycles. The second-order valence-electron chi connectivity index (χ2n) is 7.11. The van der Waals surface area contributed by atoms with Crippen LogP contribution in [0.2, 0.25) is 0 Å². The molecule has 4 rings (SSSR count). The Morgan fingerprint density at radius 3 is 2.69 bits per heavy atom. The second kappa shape index (κ2) is 8.23. The molecular weight excluding hydrogens is 371 g/mol. The van der Waals surface area contributed by atoms with Gasteiger partial charge in [-0.1, -0.05) is 23.4 Å². The Morgan fingerprint density at radius 1 is 1.21 bits per heavy atom. The van der Waals surface area contributed by atoms with Crippen LogP contribution in [0.1, 0.15) is 52.0 Å². The molecule has 0 atom stereocenters. The summed E-state index contributed by atoms with van der Waals surface area (Å²) in [5.41, 5.74) is 1.92. The van der Waals surface area contributed by atoms with Gasteiger partial charge in [0.15, 0.2) is 5.82 Å². The summed E-state index contributed by atoms with van der Waals surface area (Å²) >= 11 is 0. The molecule has 146 valence electrons. The van der Waals surface area contributed by atoms with Crippen molar-refractivity contribution >= 4 is 5.91 Å². The van der Waals surface area contributed by atoms with Gasteiger partial charge in [0, 0.05) is 31.0 Å². The molecule has 2 heterocycles. The Labute approximate surface area is 167 Å². The van der Waals surface area contributed by atoms with E-state index in [1.54, 1.807) is 41.3 Å². The Bertz CT molecular complexity index is 1050. The molecule has 29 heavy (non-hydrogen) atoms. The van der Waals surface area contributed by atoms with Gasteiger partial charge in [-0.15, -0.1) is 0 Å². The summed E-state index contributed by atoms with van der Waals surface area (Å²) < 4.78 is 18.5. The first-order chi connectivity index (χ1) is 14.1. The summed E-state index contributed by atoms with van der Waals surface area (Å²) in [4.78, 5) is 19.0. The number of amides is 1. The second-order valence-corrected chi connectivity index (χ2v) is 7.11. The van der Waals surface area contributed by atoms with E-state index in [-0.39, 0.29) is 17.6 Å². The lowest BCUT2D eigenvalue weighted by Crippen LogP contribution is -2.38. The van der Waals surface area contributed by atoms with Gasteiger partial charge in [-0.2, -0.15) is 10.2 Å². The van der Waals surface area contributed by atoms with Crippen LogP contribution in [0.5, 0.6) is 0 Å². The van der Waals surface area contributed by atoms with Gasteiger partial charge in [0.2, 0.25) is 5.89 Å². The zero-order valence-corrected chi connectivity index (χ0v) is 15.7. The molecule has 3 aromatic rings. The number of carbonyl (C=O) groups is 1. The van der Waals surface area contributed by atoms with E-state index in [0.717, 1.165) is 18.4 Å². The third kappa shape index (κ3) is 4.32. The lowest BCUT2D eigenvalue weighted by atomic mass is 9.96. The zero-order valence-electron chi connectivity index (χ0n) is 15.7. The van der Waals surface area contributed by atoms with E-state index < -0.39 is 0 Å². The van der Waals surface area contributed by atoms with E-state index in [9.17, 15) is 9.18 Å². The Balaban J connectivity index is 1.36. The molecule has 0 spiro atoms. The van der Waals surface area contributed by atoms with Crippen LogP contribution in [0.25, 0.3) is 0 Å². The minimum atomic E-state index is -0.275. The molecule has 0 unspecified atom stereocenters. The fraction of sp³-hybridized carbons (Fsp3) is 0.273. The molecule has 1 fully saturated rings. The maximum atomic E-state index is 13.0. The molecule has 0 N–H and O–H groups in total. The maximum Gasteiger partial charge on any atom is 0.253 e. The van der Waals surface area contributed by atoms with Crippen LogP contribution in [0.15, 0.2) is 53.1 Å².